The van der Waals surface area contributed by atoms with E-state index in [9.17, 15) is 4.79 Å². The van der Waals surface area contributed by atoms with Crippen LogP contribution < -0.4 is 0 Å². The van der Waals surface area contributed by atoms with E-state index in [1.54, 1.807) is 6.33 Å². The molecule has 2 unspecified atom stereocenters. The van der Waals surface area contributed by atoms with E-state index in [1.165, 1.54) is 40.7 Å². The van der Waals surface area contributed by atoms with Gasteiger partial charge in [-0.05, 0) is 92.5 Å². The number of hydrogen-bond donors (Lipinski definition) is 2. The maximum Gasteiger partial charge on any atom is 0.410 e. The highest BCUT2D eigenvalue weighted by molar-refractivity contribution is 5.79. The monoisotopic (exact) mass is 521 g/mol. The van der Waals surface area contributed by atoms with Crippen LogP contribution in [0.4, 0.5) is 4.79 Å². The Morgan fingerprint density at radius 3 is 2.49 bits per heavy atom. The standard InChI is InChI=1S/C32H35N5O2/c1-32(2,3)39-31(38)37-14-4-5-28(37)30-34-17-27(36-30)24-13-12-22(29-23-11-10-21(23)15-25(24)29)19-6-8-20(9-7-19)26-16-33-18-35-26/h6-9,12-13,16-18,21,23,28H,4-5,10-11,14-15H2,1-3H3,(H,33,35)(H,34,36)/t21?,23?,28-/m0/s1. The van der Waals surface area contributed by atoms with E-state index < -0.39 is 5.60 Å². The van der Waals surface area contributed by atoms with Crippen molar-refractivity contribution in [1.82, 2.24) is 24.8 Å². The summed E-state index contributed by atoms with van der Waals surface area (Å²) in [7, 11) is 0. The Morgan fingerprint density at radius 2 is 1.77 bits per heavy atom. The molecule has 7 nitrogen and oxygen atoms in total. The van der Waals surface area contributed by atoms with E-state index in [4.69, 9.17) is 9.72 Å². The molecular formula is C32H35N5O2. The summed E-state index contributed by atoms with van der Waals surface area (Å²) < 4.78 is 5.68. The number of carbonyl (C=O) groups excluding carboxylic acids is 1. The number of aromatic amines is 2. The Kier molecular flexibility index (Phi) is 5.65. The van der Waals surface area contributed by atoms with Crippen molar-refractivity contribution in [3.63, 3.8) is 0 Å². The number of likely N-dealkylation sites (tertiary alicyclic amines) is 1. The molecule has 1 saturated heterocycles. The first-order chi connectivity index (χ1) is 18.9. The van der Waals surface area contributed by atoms with Gasteiger partial charge < -0.3 is 14.7 Å². The molecule has 3 atom stereocenters. The van der Waals surface area contributed by atoms with Crippen LogP contribution in [-0.2, 0) is 11.2 Å². The topological polar surface area (TPSA) is 86.9 Å². The van der Waals surface area contributed by atoms with Crippen LogP contribution in [0.1, 0.15) is 75.4 Å². The Labute approximate surface area is 229 Å². The minimum Gasteiger partial charge on any atom is -0.444 e. The summed E-state index contributed by atoms with van der Waals surface area (Å²) in [6.45, 7) is 6.42. The zero-order valence-electron chi connectivity index (χ0n) is 22.8. The van der Waals surface area contributed by atoms with Gasteiger partial charge in [-0.15, -0.1) is 0 Å². The van der Waals surface area contributed by atoms with E-state index in [-0.39, 0.29) is 12.1 Å². The van der Waals surface area contributed by atoms with Gasteiger partial charge in [0.05, 0.1) is 36.2 Å². The van der Waals surface area contributed by atoms with E-state index in [0.29, 0.717) is 12.5 Å². The number of ether oxygens (including phenoxy) is 1. The second-order valence-corrected chi connectivity index (χ2v) is 12.3. The molecule has 0 spiro atoms. The number of nitrogens with zero attached hydrogens (tertiary/aromatic N) is 3. The summed E-state index contributed by atoms with van der Waals surface area (Å²) in [5.41, 5.74) is 9.54. The van der Waals surface area contributed by atoms with Crippen LogP contribution in [0.2, 0.25) is 0 Å². The number of H-pyrrole nitrogens is 2. The first kappa shape index (κ1) is 24.2. The first-order valence-corrected chi connectivity index (χ1v) is 14.2. The smallest absolute Gasteiger partial charge is 0.410 e. The second-order valence-electron chi connectivity index (χ2n) is 12.3. The van der Waals surface area contributed by atoms with Gasteiger partial charge in [-0.3, -0.25) is 4.90 Å². The molecule has 39 heavy (non-hydrogen) atoms. The number of aromatic nitrogens is 4. The molecule has 2 aromatic heterocycles. The van der Waals surface area contributed by atoms with Gasteiger partial charge in [-0.1, -0.05) is 36.4 Å². The van der Waals surface area contributed by atoms with Crippen LogP contribution in [0.5, 0.6) is 0 Å². The van der Waals surface area contributed by atoms with Gasteiger partial charge in [0.1, 0.15) is 11.4 Å². The van der Waals surface area contributed by atoms with E-state index in [0.717, 1.165) is 48.0 Å². The third-order valence-corrected chi connectivity index (χ3v) is 8.70. The number of amides is 1. The Balaban J connectivity index is 1.21. The number of carbonyl (C=O) groups is 1. The molecule has 1 saturated carbocycles. The van der Waals surface area contributed by atoms with Crippen LogP contribution in [0.3, 0.4) is 0 Å². The Morgan fingerprint density at radius 1 is 0.974 bits per heavy atom. The molecular weight excluding hydrogens is 486 g/mol. The van der Waals surface area contributed by atoms with Crippen molar-refractivity contribution in [3.8, 4) is 33.6 Å². The van der Waals surface area contributed by atoms with Crippen molar-refractivity contribution in [2.24, 2.45) is 5.92 Å². The highest BCUT2D eigenvalue weighted by atomic mass is 16.6. The molecule has 2 N–H and O–H groups in total. The highest BCUT2D eigenvalue weighted by Crippen LogP contribution is 2.56. The third-order valence-electron chi connectivity index (χ3n) is 8.70. The fourth-order valence-electron chi connectivity index (χ4n) is 6.74. The summed E-state index contributed by atoms with van der Waals surface area (Å²) >= 11 is 0. The van der Waals surface area contributed by atoms with Gasteiger partial charge in [-0.25, -0.2) is 14.8 Å². The molecule has 1 aliphatic heterocycles. The largest absolute Gasteiger partial charge is 0.444 e. The van der Waals surface area contributed by atoms with Gasteiger partial charge >= 0.3 is 6.09 Å². The lowest BCUT2D eigenvalue weighted by atomic mass is 9.73. The van der Waals surface area contributed by atoms with Crippen molar-refractivity contribution >= 4 is 6.09 Å². The van der Waals surface area contributed by atoms with Crippen LogP contribution in [0.15, 0.2) is 55.1 Å². The number of hydrogen-bond acceptors (Lipinski definition) is 4. The number of benzene rings is 2. The van der Waals surface area contributed by atoms with E-state index >= 15 is 0 Å². The minimum absolute atomic E-state index is 0.0783. The number of imidazole rings is 2. The van der Waals surface area contributed by atoms with Crippen LogP contribution in [0, 0.1) is 5.92 Å². The first-order valence-electron chi connectivity index (χ1n) is 14.2. The predicted molar refractivity (Wildman–Crippen MR) is 151 cm³/mol. The fraction of sp³-hybridized carbons (Fsp3) is 0.406. The molecule has 0 bridgehead atoms. The average molecular weight is 522 g/mol. The zero-order valence-corrected chi connectivity index (χ0v) is 22.8. The number of nitrogens with one attached hydrogen (secondary N) is 2. The maximum absolute atomic E-state index is 12.9. The molecule has 2 aromatic carbocycles. The quantitative estimate of drug-likeness (QED) is 0.296. The molecule has 4 aromatic rings. The molecule has 3 heterocycles. The molecule has 7 heteroatoms. The molecule has 0 radical (unpaired) electrons. The SMILES string of the molecule is CC(C)(C)OC(=O)N1CCC[C@H]1c1ncc(-c2ccc(-c3ccc(-c4cnc[nH]4)cc3)c3c2CC2CCC32)[nH]1. The van der Waals surface area contributed by atoms with Crippen molar-refractivity contribution in [1.29, 1.82) is 0 Å². The molecule has 2 aliphatic carbocycles. The van der Waals surface area contributed by atoms with Gasteiger partial charge in [0.2, 0.25) is 0 Å². The molecule has 7 rings (SSSR count). The normalized spacial score (nSPS) is 21.9. The van der Waals surface area contributed by atoms with Crippen LogP contribution in [-0.4, -0.2) is 43.1 Å². The summed E-state index contributed by atoms with van der Waals surface area (Å²) in [6, 6.07) is 13.3. The van der Waals surface area contributed by atoms with Crippen LogP contribution in [0.25, 0.3) is 33.6 Å². The molecule has 2 fully saturated rings. The fourth-order valence-corrected chi connectivity index (χ4v) is 6.74. The summed E-state index contributed by atoms with van der Waals surface area (Å²) in [6.07, 6.45) is 10.8. The Bertz CT molecular complexity index is 1510. The zero-order chi connectivity index (χ0) is 26.7. The highest BCUT2D eigenvalue weighted by Gasteiger charge is 2.42. The van der Waals surface area contributed by atoms with Gasteiger partial charge in [-0.2, -0.15) is 0 Å². The van der Waals surface area contributed by atoms with E-state index in [1.807, 2.05) is 38.1 Å². The lowest BCUT2D eigenvalue weighted by Crippen LogP contribution is -2.36. The van der Waals surface area contributed by atoms with E-state index in [2.05, 4.69) is 51.4 Å². The summed E-state index contributed by atoms with van der Waals surface area (Å²) in [5.74, 6) is 2.23. The lowest BCUT2D eigenvalue weighted by Gasteiger charge is -2.31. The molecule has 3 aliphatic rings. The number of fused-ring (bicyclic) bond motifs is 3. The maximum atomic E-state index is 12.9. The molecule has 1 amide bonds. The predicted octanol–water partition coefficient (Wildman–Crippen LogP) is 7.26. The summed E-state index contributed by atoms with van der Waals surface area (Å²) in [5, 5.41) is 0. The Hall–Kier alpha value is -3.87. The summed E-state index contributed by atoms with van der Waals surface area (Å²) in [4.78, 5) is 30.4. The van der Waals surface area contributed by atoms with Gasteiger partial charge in [0.15, 0.2) is 0 Å². The third kappa shape index (κ3) is 4.24. The van der Waals surface area contributed by atoms with Gasteiger partial charge in [0.25, 0.3) is 0 Å². The minimum atomic E-state index is -0.514. The van der Waals surface area contributed by atoms with Crippen LogP contribution >= 0.6 is 0 Å². The van der Waals surface area contributed by atoms with Crippen molar-refractivity contribution < 1.29 is 9.53 Å². The second kappa shape index (κ2) is 9.11. The van der Waals surface area contributed by atoms with Crippen molar-refractivity contribution in [2.75, 3.05) is 6.54 Å². The average Bonchev–Trinajstić information content (AvgIpc) is 3.69. The number of rotatable bonds is 4. The van der Waals surface area contributed by atoms with Crippen molar-refractivity contribution in [2.45, 2.75) is 70.4 Å². The molecule has 200 valence electrons. The van der Waals surface area contributed by atoms with Gasteiger partial charge in [0, 0.05) is 12.1 Å². The van der Waals surface area contributed by atoms with Crippen molar-refractivity contribution in [3.05, 3.63) is 72.1 Å². The lowest BCUT2D eigenvalue weighted by molar-refractivity contribution is 0.0218.